The summed E-state index contributed by atoms with van der Waals surface area (Å²) in [6, 6.07) is 0. The van der Waals surface area contributed by atoms with Crippen LogP contribution in [0.3, 0.4) is 0 Å². The Hall–Kier alpha value is -1.21. The van der Waals surface area contributed by atoms with Gasteiger partial charge in [0.05, 0.1) is 12.4 Å². The maximum Gasteiger partial charge on any atom is 0.243 e. The van der Waals surface area contributed by atoms with E-state index in [1.165, 1.54) is 12.4 Å². The Morgan fingerprint density at radius 2 is 1.81 bits per heavy atom. The van der Waals surface area contributed by atoms with Crippen molar-refractivity contribution >= 4 is 16.0 Å². The van der Waals surface area contributed by atoms with E-state index in [4.69, 9.17) is 0 Å². The van der Waals surface area contributed by atoms with Gasteiger partial charge in [0.15, 0.2) is 0 Å². The molecule has 0 aromatic carbocycles. The molecule has 7 heteroatoms. The smallest absolute Gasteiger partial charge is 0.243 e. The van der Waals surface area contributed by atoms with Crippen LogP contribution in [0.5, 0.6) is 0 Å². The number of hydrogen-bond donors (Lipinski definition) is 2. The Bertz CT molecular complexity index is 539. The number of nitrogens with zero attached hydrogens (tertiary/aromatic N) is 2. The maximum atomic E-state index is 12.2. The lowest BCUT2D eigenvalue weighted by Gasteiger charge is -2.29. The summed E-state index contributed by atoms with van der Waals surface area (Å²) >= 11 is 0. The lowest BCUT2D eigenvalue weighted by molar-refractivity contribution is 0.252. The lowest BCUT2D eigenvalue weighted by Crippen LogP contribution is -2.37. The Kier molecular flexibility index (Phi) is 6.10. The van der Waals surface area contributed by atoms with Crippen molar-refractivity contribution in [2.24, 2.45) is 11.3 Å². The number of hydrogen-bond acceptors (Lipinski definition) is 5. The first kappa shape index (κ1) is 17.8. The fraction of sp³-hybridized carbons (Fsp3) is 0.714. The van der Waals surface area contributed by atoms with E-state index in [-0.39, 0.29) is 10.3 Å². The third-order valence-electron chi connectivity index (χ3n) is 3.75. The number of anilines is 1. The highest BCUT2D eigenvalue weighted by molar-refractivity contribution is 7.89. The van der Waals surface area contributed by atoms with Gasteiger partial charge in [-0.3, -0.25) is 0 Å². The van der Waals surface area contributed by atoms with Gasteiger partial charge in [-0.2, -0.15) is 0 Å². The summed E-state index contributed by atoms with van der Waals surface area (Å²) in [5.74, 6) is 0.815. The molecule has 6 nitrogen and oxygen atoms in total. The van der Waals surface area contributed by atoms with E-state index in [9.17, 15) is 8.42 Å². The maximum absolute atomic E-state index is 12.2. The van der Waals surface area contributed by atoms with Crippen LogP contribution in [-0.4, -0.2) is 31.5 Å². The molecular formula is C14H26N4O2S. The van der Waals surface area contributed by atoms with Crippen LogP contribution < -0.4 is 10.0 Å². The first-order valence-electron chi connectivity index (χ1n) is 7.24. The monoisotopic (exact) mass is 314 g/mol. The first-order valence-corrected chi connectivity index (χ1v) is 8.73. The van der Waals surface area contributed by atoms with Crippen LogP contribution in [0.4, 0.5) is 5.95 Å². The summed E-state index contributed by atoms with van der Waals surface area (Å²) in [6.45, 7) is 11.4. The van der Waals surface area contributed by atoms with E-state index in [0.29, 0.717) is 18.4 Å². The molecule has 0 saturated carbocycles. The Balaban J connectivity index is 2.74. The Morgan fingerprint density at radius 1 is 1.24 bits per heavy atom. The normalized spacial score (nSPS) is 12.7. The summed E-state index contributed by atoms with van der Waals surface area (Å²) in [5.41, 5.74) is -0.115. The second kappa shape index (κ2) is 7.17. The van der Waals surface area contributed by atoms with Crippen molar-refractivity contribution in [3.8, 4) is 0 Å². The Labute approximate surface area is 127 Å². The van der Waals surface area contributed by atoms with Gasteiger partial charge in [-0.05, 0) is 17.8 Å². The summed E-state index contributed by atoms with van der Waals surface area (Å²) in [4.78, 5) is 8.13. The van der Waals surface area contributed by atoms with Crippen LogP contribution in [0.1, 0.15) is 41.0 Å². The molecule has 0 unspecified atom stereocenters. The fourth-order valence-electron chi connectivity index (χ4n) is 1.35. The lowest BCUT2D eigenvalue weighted by atomic mass is 9.81. The van der Waals surface area contributed by atoms with E-state index < -0.39 is 10.0 Å². The van der Waals surface area contributed by atoms with Crippen molar-refractivity contribution in [1.82, 2.24) is 14.7 Å². The van der Waals surface area contributed by atoms with Gasteiger partial charge in [0, 0.05) is 13.1 Å². The zero-order valence-electron chi connectivity index (χ0n) is 13.5. The van der Waals surface area contributed by atoms with Gasteiger partial charge in [-0.25, -0.2) is 23.1 Å². The molecule has 0 radical (unpaired) electrons. The molecule has 0 aliphatic heterocycles. The zero-order chi connectivity index (χ0) is 16.1. The zero-order valence-corrected chi connectivity index (χ0v) is 14.3. The highest BCUT2D eigenvalue weighted by Crippen LogP contribution is 2.25. The molecule has 1 heterocycles. The summed E-state index contributed by atoms with van der Waals surface area (Å²) in [5, 5.41) is 3.01. The minimum Gasteiger partial charge on any atom is -0.354 e. The highest BCUT2D eigenvalue weighted by Gasteiger charge is 2.25. The van der Waals surface area contributed by atoms with Gasteiger partial charge in [-0.1, -0.05) is 34.6 Å². The predicted molar refractivity (Wildman–Crippen MR) is 84.6 cm³/mol. The summed E-state index contributed by atoms with van der Waals surface area (Å²) in [6.07, 6.45) is 3.61. The molecule has 120 valence electrons. The second-order valence-corrected chi connectivity index (χ2v) is 7.90. The number of nitrogens with one attached hydrogen (secondary N) is 2. The molecular weight excluding hydrogens is 288 g/mol. The number of sulfonamides is 1. The number of rotatable bonds is 8. The molecule has 1 aromatic rings. The van der Waals surface area contributed by atoms with E-state index >= 15 is 0 Å². The van der Waals surface area contributed by atoms with Gasteiger partial charge in [0.2, 0.25) is 16.0 Å². The third kappa shape index (κ3) is 5.24. The van der Waals surface area contributed by atoms with Crippen molar-refractivity contribution in [2.75, 3.05) is 18.4 Å². The second-order valence-electron chi connectivity index (χ2n) is 6.14. The molecule has 0 saturated heterocycles. The summed E-state index contributed by atoms with van der Waals surface area (Å²) in [7, 11) is -3.57. The van der Waals surface area contributed by atoms with Crippen molar-refractivity contribution in [3.05, 3.63) is 12.4 Å². The largest absolute Gasteiger partial charge is 0.354 e. The Morgan fingerprint density at radius 3 is 2.29 bits per heavy atom. The SMILES string of the molecule is CCCNc1ncc(S(=O)(=O)NCC(C)(C)C(C)C)cn1. The molecule has 1 rings (SSSR count). The van der Waals surface area contributed by atoms with Crippen LogP contribution in [0.25, 0.3) is 0 Å². The van der Waals surface area contributed by atoms with Crippen LogP contribution >= 0.6 is 0 Å². The molecule has 21 heavy (non-hydrogen) atoms. The van der Waals surface area contributed by atoms with Crippen LogP contribution in [0, 0.1) is 11.3 Å². The fourth-order valence-corrected chi connectivity index (χ4v) is 2.46. The molecule has 0 amide bonds. The minimum atomic E-state index is -3.57. The quantitative estimate of drug-likeness (QED) is 0.769. The van der Waals surface area contributed by atoms with Crippen molar-refractivity contribution in [1.29, 1.82) is 0 Å². The van der Waals surface area contributed by atoms with E-state index in [2.05, 4.69) is 33.9 Å². The highest BCUT2D eigenvalue weighted by atomic mass is 32.2. The topological polar surface area (TPSA) is 84.0 Å². The van der Waals surface area contributed by atoms with Crippen molar-refractivity contribution in [3.63, 3.8) is 0 Å². The van der Waals surface area contributed by atoms with Crippen LogP contribution in [-0.2, 0) is 10.0 Å². The molecule has 0 atom stereocenters. The first-order chi connectivity index (χ1) is 9.69. The molecule has 1 aromatic heterocycles. The van der Waals surface area contributed by atoms with Gasteiger partial charge < -0.3 is 5.32 Å². The molecule has 0 spiro atoms. The summed E-state index contributed by atoms with van der Waals surface area (Å²) < 4.78 is 27.1. The van der Waals surface area contributed by atoms with E-state index in [0.717, 1.165) is 13.0 Å². The molecule has 0 fully saturated rings. The third-order valence-corrected chi connectivity index (χ3v) is 5.11. The number of aromatic nitrogens is 2. The molecule has 0 bridgehead atoms. The standard InChI is InChI=1S/C14H26N4O2S/c1-6-7-15-13-16-8-12(9-17-13)21(19,20)18-10-14(4,5)11(2)3/h8-9,11,18H,6-7,10H2,1-5H3,(H,15,16,17). The van der Waals surface area contributed by atoms with E-state index in [1.807, 2.05) is 20.8 Å². The average molecular weight is 314 g/mol. The predicted octanol–water partition coefficient (Wildman–Crippen LogP) is 2.26. The van der Waals surface area contributed by atoms with Crippen molar-refractivity contribution < 1.29 is 8.42 Å². The average Bonchev–Trinajstić information content (AvgIpc) is 2.43. The van der Waals surface area contributed by atoms with Gasteiger partial charge >= 0.3 is 0 Å². The minimum absolute atomic E-state index is 0.0871. The molecule has 0 aliphatic rings. The van der Waals surface area contributed by atoms with Gasteiger partial charge in [-0.15, -0.1) is 0 Å². The van der Waals surface area contributed by atoms with Crippen molar-refractivity contribution in [2.45, 2.75) is 45.9 Å². The van der Waals surface area contributed by atoms with E-state index in [1.54, 1.807) is 0 Å². The molecule has 2 N–H and O–H groups in total. The van der Waals surface area contributed by atoms with Gasteiger partial charge in [0.25, 0.3) is 0 Å². The van der Waals surface area contributed by atoms with Gasteiger partial charge in [0.1, 0.15) is 4.90 Å². The molecule has 0 aliphatic carbocycles. The van der Waals surface area contributed by atoms with Crippen LogP contribution in [0.15, 0.2) is 17.3 Å². The van der Waals surface area contributed by atoms with Crippen LogP contribution in [0.2, 0.25) is 0 Å².